The average molecular weight is 394 g/mol. The Labute approximate surface area is 171 Å². The van der Waals surface area contributed by atoms with Crippen LogP contribution < -0.4 is 19.5 Å². The number of methoxy groups -OCH3 is 2. The number of para-hydroxylation sites is 3. The molecule has 1 heterocycles. The minimum atomic E-state index is -0.255. The van der Waals surface area contributed by atoms with Gasteiger partial charge in [0.15, 0.2) is 11.5 Å². The number of anilines is 1. The van der Waals surface area contributed by atoms with Gasteiger partial charge in [-0.3, -0.25) is 4.79 Å². The Morgan fingerprint density at radius 2 is 1.69 bits per heavy atom. The molecule has 29 heavy (non-hydrogen) atoms. The first-order chi connectivity index (χ1) is 14.2. The van der Waals surface area contributed by atoms with Gasteiger partial charge in [0.25, 0.3) is 0 Å². The Kier molecular flexibility index (Phi) is 6.79. The molecule has 3 rings (SSSR count). The van der Waals surface area contributed by atoms with E-state index in [-0.39, 0.29) is 18.4 Å². The molecule has 1 atom stereocenters. The SMILES string of the molecule is CCOc1ccccc1NC(=O)C[C@H](c1cccc(OC)c1OC)n1cccc1. The van der Waals surface area contributed by atoms with Gasteiger partial charge in [-0.15, -0.1) is 0 Å². The van der Waals surface area contributed by atoms with E-state index in [1.165, 1.54) is 0 Å². The number of amides is 1. The maximum atomic E-state index is 12.9. The number of nitrogens with one attached hydrogen (secondary N) is 1. The Morgan fingerprint density at radius 1 is 0.966 bits per heavy atom. The fraction of sp³-hybridized carbons (Fsp3) is 0.261. The topological polar surface area (TPSA) is 61.7 Å². The number of hydrogen-bond donors (Lipinski definition) is 1. The van der Waals surface area contributed by atoms with Crippen molar-refractivity contribution in [2.75, 3.05) is 26.1 Å². The van der Waals surface area contributed by atoms with Crippen molar-refractivity contribution >= 4 is 11.6 Å². The van der Waals surface area contributed by atoms with E-state index in [2.05, 4.69) is 5.32 Å². The number of rotatable bonds is 9. The van der Waals surface area contributed by atoms with Crippen molar-refractivity contribution in [1.29, 1.82) is 0 Å². The molecular formula is C23H26N2O4. The minimum absolute atomic E-state index is 0.124. The second kappa shape index (κ2) is 9.68. The van der Waals surface area contributed by atoms with Gasteiger partial charge >= 0.3 is 0 Å². The quantitative estimate of drug-likeness (QED) is 0.580. The van der Waals surface area contributed by atoms with Crippen LogP contribution in [0.5, 0.6) is 17.2 Å². The van der Waals surface area contributed by atoms with Gasteiger partial charge in [0.2, 0.25) is 5.91 Å². The van der Waals surface area contributed by atoms with Crippen molar-refractivity contribution in [3.63, 3.8) is 0 Å². The van der Waals surface area contributed by atoms with E-state index in [9.17, 15) is 4.79 Å². The van der Waals surface area contributed by atoms with Crippen molar-refractivity contribution in [1.82, 2.24) is 4.57 Å². The zero-order chi connectivity index (χ0) is 20.6. The molecule has 0 fully saturated rings. The molecule has 152 valence electrons. The summed E-state index contributed by atoms with van der Waals surface area (Å²) in [4.78, 5) is 12.9. The van der Waals surface area contributed by atoms with Crippen LogP contribution in [0.1, 0.15) is 24.9 Å². The maximum absolute atomic E-state index is 12.9. The highest BCUT2D eigenvalue weighted by molar-refractivity contribution is 5.92. The normalized spacial score (nSPS) is 11.6. The average Bonchev–Trinajstić information content (AvgIpc) is 3.27. The lowest BCUT2D eigenvalue weighted by molar-refractivity contribution is -0.116. The van der Waals surface area contributed by atoms with Crippen LogP contribution in [0, 0.1) is 0 Å². The van der Waals surface area contributed by atoms with Crippen LogP contribution in [-0.2, 0) is 4.79 Å². The third-order valence-corrected chi connectivity index (χ3v) is 4.62. The molecule has 0 radical (unpaired) electrons. The third-order valence-electron chi connectivity index (χ3n) is 4.62. The van der Waals surface area contributed by atoms with Gasteiger partial charge < -0.3 is 24.1 Å². The van der Waals surface area contributed by atoms with Gasteiger partial charge in [-0.25, -0.2) is 0 Å². The van der Waals surface area contributed by atoms with E-state index in [1.54, 1.807) is 14.2 Å². The molecule has 0 spiro atoms. The van der Waals surface area contributed by atoms with E-state index >= 15 is 0 Å². The number of hydrogen-bond acceptors (Lipinski definition) is 4. The summed E-state index contributed by atoms with van der Waals surface area (Å²) in [5.74, 6) is 1.78. The molecule has 0 aliphatic rings. The van der Waals surface area contributed by atoms with Crippen LogP contribution in [0.15, 0.2) is 67.0 Å². The molecule has 2 aromatic carbocycles. The second-order valence-electron chi connectivity index (χ2n) is 6.41. The lowest BCUT2D eigenvalue weighted by Gasteiger charge is -2.23. The molecule has 1 aromatic heterocycles. The van der Waals surface area contributed by atoms with Gasteiger partial charge in [-0.2, -0.15) is 0 Å². The fourth-order valence-electron chi connectivity index (χ4n) is 3.33. The van der Waals surface area contributed by atoms with Gasteiger partial charge in [0.1, 0.15) is 5.75 Å². The predicted molar refractivity (Wildman–Crippen MR) is 113 cm³/mol. The number of aromatic nitrogens is 1. The predicted octanol–water partition coefficient (Wildman–Crippen LogP) is 4.52. The standard InChI is InChI=1S/C23H26N2O4/c1-4-29-20-12-6-5-11-18(20)24-22(26)16-19(25-14-7-8-15-25)17-10-9-13-21(27-2)23(17)28-3/h5-15,19H,4,16H2,1-3H3,(H,24,26)/t19-/m1/s1. The molecular weight excluding hydrogens is 368 g/mol. The highest BCUT2D eigenvalue weighted by Gasteiger charge is 2.23. The van der Waals surface area contributed by atoms with Crippen LogP contribution >= 0.6 is 0 Å². The molecule has 0 saturated heterocycles. The summed E-state index contributed by atoms with van der Waals surface area (Å²) in [5.41, 5.74) is 1.53. The van der Waals surface area contributed by atoms with Crippen LogP contribution in [-0.4, -0.2) is 31.3 Å². The lowest BCUT2D eigenvalue weighted by Crippen LogP contribution is -2.20. The lowest BCUT2D eigenvalue weighted by atomic mass is 10.0. The molecule has 0 bridgehead atoms. The monoisotopic (exact) mass is 394 g/mol. The highest BCUT2D eigenvalue weighted by Crippen LogP contribution is 2.38. The van der Waals surface area contributed by atoms with Gasteiger partial charge in [-0.1, -0.05) is 24.3 Å². The van der Waals surface area contributed by atoms with E-state index in [4.69, 9.17) is 14.2 Å². The van der Waals surface area contributed by atoms with E-state index in [0.29, 0.717) is 29.5 Å². The molecule has 6 nitrogen and oxygen atoms in total. The third kappa shape index (κ3) is 4.71. The van der Waals surface area contributed by atoms with Crippen molar-refractivity contribution in [3.8, 4) is 17.2 Å². The molecule has 0 unspecified atom stereocenters. The number of carbonyl (C=O) groups excluding carboxylic acids is 1. The van der Waals surface area contributed by atoms with Gasteiger partial charge in [-0.05, 0) is 37.3 Å². The summed E-state index contributed by atoms with van der Waals surface area (Å²) in [6.07, 6.45) is 4.09. The summed E-state index contributed by atoms with van der Waals surface area (Å²) >= 11 is 0. The largest absolute Gasteiger partial charge is 0.493 e. The fourth-order valence-corrected chi connectivity index (χ4v) is 3.33. The summed E-state index contributed by atoms with van der Waals surface area (Å²) in [5, 5.41) is 2.97. The van der Waals surface area contributed by atoms with Crippen molar-refractivity contribution in [2.24, 2.45) is 0 Å². The Balaban J connectivity index is 1.90. The van der Waals surface area contributed by atoms with E-state index in [1.807, 2.05) is 78.5 Å². The second-order valence-corrected chi connectivity index (χ2v) is 6.41. The van der Waals surface area contributed by atoms with Crippen molar-refractivity contribution < 1.29 is 19.0 Å². The zero-order valence-electron chi connectivity index (χ0n) is 16.9. The van der Waals surface area contributed by atoms with Crippen LogP contribution in [0.2, 0.25) is 0 Å². The Morgan fingerprint density at radius 3 is 2.38 bits per heavy atom. The zero-order valence-corrected chi connectivity index (χ0v) is 16.9. The molecule has 1 amide bonds. The summed E-state index contributed by atoms with van der Waals surface area (Å²) in [7, 11) is 3.20. The van der Waals surface area contributed by atoms with E-state index < -0.39 is 0 Å². The van der Waals surface area contributed by atoms with Gasteiger partial charge in [0.05, 0.1) is 39.0 Å². The highest BCUT2D eigenvalue weighted by atomic mass is 16.5. The number of nitrogens with zero attached hydrogens (tertiary/aromatic N) is 1. The first-order valence-electron chi connectivity index (χ1n) is 9.53. The number of benzene rings is 2. The number of ether oxygens (including phenoxy) is 3. The van der Waals surface area contributed by atoms with Crippen molar-refractivity contribution in [3.05, 3.63) is 72.6 Å². The Bertz CT molecular complexity index is 938. The summed E-state index contributed by atoms with van der Waals surface area (Å²) in [6.45, 7) is 2.44. The van der Waals surface area contributed by atoms with Crippen LogP contribution in [0.25, 0.3) is 0 Å². The van der Waals surface area contributed by atoms with E-state index in [0.717, 1.165) is 5.56 Å². The molecule has 1 N–H and O–H groups in total. The maximum Gasteiger partial charge on any atom is 0.226 e. The number of carbonyl (C=O) groups is 1. The molecule has 6 heteroatoms. The summed E-state index contributed by atoms with van der Waals surface area (Å²) in [6, 6.07) is 16.7. The minimum Gasteiger partial charge on any atom is -0.493 e. The molecule has 0 saturated carbocycles. The van der Waals surface area contributed by atoms with Gasteiger partial charge in [0, 0.05) is 18.0 Å². The first kappa shape index (κ1) is 20.3. The summed E-state index contributed by atoms with van der Waals surface area (Å²) < 4.78 is 18.6. The molecule has 3 aromatic rings. The smallest absolute Gasteiger partial charge is 0.226 e. The molecule has 0 aliphatic heterocycles. The van der Waals surface area contributed by atoms with Crippen molar-refractivity contribution in [2.45, 2.75) is 19.4 Å². The van der Waals surface area contributed by atoms with Crippen LogP contribution in [0.4, 0.5) is 5.69 Å². The molecule has 0 aliphatic carbocycles. The van der Waals surface area contributed by atoms with Crippen LogP contribution in [0.3, 0.4) is 0 Å². The first-order valence-corrected chi connectivity index (χ1v) is 9.53. The Hall–Kier alpha value is -3.41.